The highest BCUT2D eigenvalue weighted by Crippen LogP contribution is 2.41. The van der Waals surface area contributed by atoms with Crippen molar-refractivity contribution >= 4 is 0 Å². The molecule has 94 valence electrons. The fourth-order valence-electron chi connectivity index (χ4n) is 4.17. The normalized spacial score (nSPS) is 33.2. The van der Waals surface area contributed by atoms with Crippen molar-refractivity contribution in [1.29, 1.82) is 0 Å². The van der Waals surface area contributed by atoms with Crippen molar-refractivity contribution in [3.8, 4) is 0 Å². The summed E-state index contributed by atoms with van der Waals surface area (Å²) in [5.74, 6) is 4.22. The molecule has 0 saturated heterocycles. The highest BCUT2D eigenvalue weighted by Gasteiger charge is 2.28. The van der Waals surface area contributed by atoms with Crippen LogP contribution in [0.4, 0.5) is 0 Å². The molecule has 0 bridgehead atoms. The quantitative estimate of drug-likeness (QED) is 0.598. The first-order valence-corrected chi connectivity index (χ1v) is 7.75. The minimum absolute atomic E-state index is 0.913. The molecule has 0 atom stereocenters. The van der Waals surface area contributed by atoms with Crippen molar-refractivity contribution in [2.45, 2.75) is 78.1 Å². The lowest BCUT2D eigenvalue weighted by Gasteiger charge is -2.36. The van der Waals surface area contributed by atoms with Crippen molar-refractivity contribution in [1.82, 2.24) is 0 Å². The maximum atomic E-state index is 2.38. The van der Waals surface area contributed by atoms with Crippen LogP contribution in [0.15, 0.2) is 0 Å². The van der Waals surface area contributed by atoms with E-state index in [0.717, 1.165) is 23.7 Å². The summed E-state index contributed by atoms with van der Waals surface area (Å²) in [6.45, 7) is 4.76. The van der Waals surface area contributed by atoms with E-state index in [1.807, 2.05) is 0 Å². The van der Waals surface area contributed by atoms with E-state index < -0.39 is 0 Å². The van der Waals surface area contributed by atoms with Gasteiger partial charge in [-0.3, -0.25) is 0 Å². The monoisotopic (exact) mass is 222 g/mol. The third-order valence-corrected chi connectivity index (χ3v) is 5.01. The van der Waals surface area contributed by atoms with Gasteiger partial charge in [0, 0.05) is 0 Å². The molecule has 0 unspecified atom stereocenters. The first-order chi connectivity index (χ1) is 7.75. The zero-order valence-corrected chi connectivity index (χ0v) is 11.4. The lowest BCUT2D eigenvalue weighted by molar-refractivity contribution is 0.158. The summed E-state index contributed by atoms with van der Waals surface area (Å²) in [5, 5.41) is 0. The molecule has 0 heteroatoms. The van der Waals surface area contributed by atoms with Gasteiger partial charge in [-0.1, -0.05) is 58.8 Å². The molecule has 0 aliphatic heterocycles. The Balaban J connectivity index is 1.71. The Morgan fingerprint density at radius 2 is 1.31 bits per heavy atom. The Hall–Kier alpha value is 0. The molecule has 2 aliphatic rings. The molecule has 0 aromatic heterocycles. The Labute approximate surface area is 102 Å². The summed E-state index contributed by atoms with van der Waals surface area (Å²) >= 11 is 0. The molecule has 0 amide bonds. The van der Waals surface area contributed by atoms with Crippen LogP contribution in [0.3, 0.4) is 0 Å². The van der Waals surface area contributed by atoms with Crippen LogP contribution in [0.1, 0.15) is 78.1 Å². The van der Waals surface area contributed by atoms with Crippen LogP contribution < -0.4 is 0 Å². The lowest BCUT2D eigenvalue weighted by Crippen LogP contribution is -2.24. The molecule has 0 heterocycles. The Morgan fingerprint density at radius 3 is 1.88 bits per heavy atom. The first kappa shape index (κ1) is 12.5. The molecule has 0 nitrogen and oxygen atoms in total. The standard InChI is InChI=1S/C16H30/c1-13(2)12-14-8-10-16(11-9-14)15-6-4-3-5-7-15/h13-16H,3-12H2,1-2H3. The molecule has 0 radical (unpaired) electrons. The van der Waals surface area contributed by atoms with Crippen molar-refractivity contribution < 1.29 is 0 Å². The van der Waals surface area contributed by atoms with Gasteiger partial charge in [0.2, 0.25) is 0 Å². The minimum Gasteiger partial charge on any atom is -0.0628 e. The summed E-state index contributed by atoms with van der Waals surface area (Å²) in [6.07, 6.45) is 15.4. The van der Waals surface area contributed by atoms with Gasteiger partial charge in [-0.25, -0.2) is 0 Å². The Bertz CT molecular complexity index is 180. The first-order valence-electron chi connectivity index (χ1n) is 7.75. The molecule has 0 spiro atoms. The SMILES string of the molecule is CC(C)CC1CCC(C2CCCCC2)CC1. The van der Waals surface area contributed by atoms with Crippen LogP contribution in [0.2, 0.25) is 0 Å². The highest BCUT2D eigenvalue weighted by atomic mass is 14.3. The van der Waals surface area contributed by atoms with E-state index in [0.29, 0.717) is 0 Å². The van der Waals surface area contributed by atoms with Gasteiger partial charge in [0.15, 0.2) is 0 Å². The van der Waals surface area contributed by atoms with E-state index in [1.165, 1.54) is 25.7 Å². The lowest BCUT2D eigenvalue weighted by atomic mass is 9.70. The van der Waals surface area contributed by atoms with Gasteiger partial charge in [-0.2, -0.15) is 0 Å². The van der Waals surface area contributed by atoms with Crippen molar-refractivity contribution in [3.05, 3.63) is 0 Å². The van der Waals surface area contributed by atoms with Crippen molar-refractivity contribution in [3.63, 3.8) is 0 Å². The Kier molecular flexibility index (Phi) is 4.73. The third kappa shape index (κ3) is 3.50. The summed E-state index contributed by atoms with van der Waals surface area (Å²) in [7, 11) is 0. The zero-order chi connectivity index (χ0) is 11.4. The van der Waals surface area contributed by atoms with Gasteiger partial charge in [0.25, 0.3) is 0 Å². The summed E-state index contributed by atoms with van der Waals surface area (Å²) in [5.41, 5.74) is 0. The molecular weight excluding hydrogens is 192 g/mol. The number of rotatable bonds is 3. The van der Waals surface area contributed by atoms with Gasteiger partial charge in [-0.15, -0.1) is 0 Å². The average molecular weight is 222 g/mol. The molecule has 0 N–H and O–H groups in total. The van der Waals surface area contributed by atoms with Crippen molar-refractivity contribution in [2.24, 2.45) is 23.7 Å². The maximum Gasteiger partial charge on any atom is -0.0386 e. The van der Waals surface area contributed by atoms with E-state index >= 15 is 0 Å². The molecule has 2 rings (SSSR count). The zero-order valence-electron chi connectivity index (χ0n) is 11.4. The molecule has 0 aromatic carbocycles. The van der Waals surface area contributed by atoms with Crippen molar-refractivity contribution in [2.75, 3.05) is 0 Å². The third-order valence-electron chi connectivity index (χ3n) is 5.01. The molecule has 2 aliphatic carbocycles. The van der Waals surface area contributed by atoms with E-state index in [2.05, 4.69) is 13.8 Å². The summed E-state index contributed by atoms with van der Waals surface area (Å²) < 4.78 is 0. The van der Waals surface area contributed by atoms with Gasteiger partial charge in [0.05, 0.1) is 0 Å². The fourth-order valence-corrected chi connectivity index (χ4v) is 4.17. The van der Waals surface area contributed by atoms with Crippen LogP contribution in [0.25, 0.3) is 0 Å². The fraction of sp³-hybridized carbons (Fsp3) is 1.00. The van der Waals surface area contributed by atoms with E-state index in [-0.39, 0.29) is 0 Å². The van der Waals surface area contributed by atoms with Crippen LogP contribution in [0.5, 0.6) is 0 Å². The van der Waals surface area contributed by atoms with Gasteiger partial charge < -0.3 is 0 Å². The van der Waals surface area contributed by atoms with Gasteiger partial charge >= 0.3 is 0 Å². The Morgan fingerprint density at radius 1 is 0.750 bits per heavy atom. The second kappa shape index (κ2) is 6.07. The molecule has 16 heavy (non-hydrogen) atoms. The van der Waals surface area contributed by atoms with E-state index in [4.69, 9.17) is 0 Å². The highest BCUT2D eigenvalue weighted by molar-refractivity contribution is 4.80. The second-order valence-corrected chi connectivity index (χ2v) is 6.81. The molecule has 2 saturated carbocycles. The van der Waals surface area contributed by atoms with Crippen LogP contribution in [-0.4, -0.2) is 0 Å². The largest absolute Gasteiger partial charge is 0.0628 e. The predicted molar refractivity (Wildman–Crippen MR) is 71.5 cm³/mol. The topological polar surface area (TPSA) is 0 Å². The summed E-state index contributed by atoms with van der Waals surface area (Å²) in [6, 6.07) is 0. The average Bonchev–Trinajstić information content (AvgIpc) is 2.30. The van der Waals surface area contributed by atoms with E-state index in [9.17, 15) is 0 Å². The minimum atomic E-state index is 0.913. The molecule has 0 aromatic rings. The van der Waals surface area contributed by atoms with E-state index in [1.54, 1.807) is 38.5 Å². The maximum absolute atomic E-state index is 2.38. The van der Waals surface area contributed by atoms with Crippen LogP contribution in [-0.2, 0) is 0 Å². The molecule has 2 fully saturated rings. The van der Waals surface area contributed by atoms with Gasteiger partial charge in [-0.05, 0) is 42.9 Å². The smallest absolute Gasteiger partial charge is 0.0386 e. The summed E-state index contributed by atoms with van der Waals surface area (Å²) in [4.78, 5) is 0. The van der Waals surface area contributed by atoms with Crippen LogP contribution >= 0.6 is 0 Å². The predicted octanol–water partition coefficient (Wildman–Crippen LogP) is 5.42. The number of hydrogen-bond donors (Lipinski definition) is 0. The molecular formula is C16H30. The second-order valence-electron chi connectivity index (χ2n) is 6.81. The number of hydrogen-bond acceptors (Lipinski definition) is 0. The van der Waals surface area contributed by atoms with Gasteiger partial charge in [0.1, 0.15) is 0 Å². The van der Waals surface area contributed by atoms with Crippen LogP contribution in [0, 0.1) is 23.7 Å².